The highest BCUT2D eigenvalue weighted by Crippen LogP contribution is 2.29. The number of anilines is 1. The first-order valence-corrected chi connectivity index (χ1v) is 8.59. The Morgan fingerprint density at radius 2 is 1.75 bits per heavy atom. The monoisotopic (exact) mass is 374 g/mol. The van der Waals surface area contributed by atoms with E-state index in [2.05, 4.69) is 10.5 Å². The predicted octanol–water partition coefficient (Wildman–Crippen LogP) is 5.09. The van der Waals surface area contributed by atoms with Gasteiger partial charge in [-0.1, -0.05) is 17.3 Å². The number of fused-ring (bicyclic) bond motifs is 1. The van der Waals surface area contributed by atoms with Gasteiger partial charge in [0.2, 0.25) is 0 Å². The minimum absolute atomic E-state index is 0.0778. The van der Waals surface area contributed by atoms with Crippen LogP contribution in [0, 0.1) is 5.82 Å². The zero-order chi connectivity index (χ0) is 19.7. The van der Waals surface area contributed by atoms with Crippen LogP contribution in [-0.4, -0.2) is 16.8 Å². The molecule has 0 aliphatic heterocycles. The van der Waals surface area contributed by atoms with Crippen molar-refractivity contribution in [2.75, 3.05) is 5.32 Å². The molecule has 0 radical (unpaired) electrons. The number of benzene rings is 3. The largest absolute Gasteiger partial charge is 0.355 e. The summed E-state index contributed by atoms with van der Waals surface area (Å²) in [6.45, 7) is 1.47. The first kappa shape index (κ1) is 17.6. The molecule has 5 nitrogen and oxygen atoms in total. The number of hydrogen-bond acceptors (Lipinski definition) is 4. The van der Waals surface area contributed by atoms with Crippen LogP contribution in [-0.2, 0) is 0 Å². The van der Waals surface area contributed by atoms with E-state index >= 15 is 0 Å². The van der Waals surface area contributed by atoms with Gasteiger partial charge in [-0.2, -0.15) is 0 Å². The van der Waals surface area contributed by atoms with Gasteiger partial charge in [0.25, 0.3) is 5.91 Å². The van der Waals surface area contributed by atoms with E-state index < -0.39 is 0 Å². The maximum absolute atomic E-state index is 13.2. The molecule has 4 rings (SSSR count). The summed E-state index contributed by atoms with van der Waals surface area (Å²) in [4.78, 5) is 24.2. The summed E-state index contributed by atoms with van der Waals surface area (Å²) in [7, 11) is 0. The number of carbonyl (C=O) groups excluding carboxylic acids is 2. The van der Waals surface area contributed by atoms with Crippen LogP contribution in [0.5, 0.6) is 0 Å². The molecular weight excluding hydrogens is 359 g/mol. The molecule has 0 saturated heterocycles. The van der Waals surface area contributed by atoms with Gasteiger partial charge in [0.15, 0.2) is 11.5 Å². The standard InChI is InChI=1S/C22H15FN2O3/c1-13(26)15-3-2-4-18(11-15)24-22(27)16-7-10-20-19(12-16)21(28-25-20)14-5-8-17(23)9-6-14/h2-12H,1H3,(H,24,27). The number of amides is 1. The summed E-state index contributed by atoms with van der Waals surface area (Å²) in [5, 5.41) is 7.43. The van der Waals surface area contributed by atoms with E-state index in [9.17, 15) is 14.0 Å². The molecule has 0 aliphatic carbocycles. The molecular formula is C22H15FN2O3. The predicted molar refractivity (Wildman–Crippen MR) is 104 cm³/mol. The van der Waals surface area contributed by atoms with Gasteiger partial charge in [0.1, 0.15) is 11.3 Å². The Kier molecular flexibility index (Phi) is 4.45. The van der Waals surface area contributed by atoms with E-state index in [-0.39, 0.29) is 17.5 Å². The summed E-state index contributed by atoms with van der Waals surface area (Å²) in [6.07, 6.45) is 0. The third-order valence-electron chi connectivity index (χ3n) is 4.37. The fourth-order valence-electron chi connectivity index (χ4n) is 2.91. The lowest BCUT2D eigenvalue weighted by Crippen LogP contribution is -2.12. The van der Waals surface area contributed by atoms with Crippen LogP contribution in [0.2, 0.25) is 0 Å². The summed E-state index contributed by atoms with van der Waals surface area (Å²) >= 11 is 0. The second-order valence-corrected chi connectivity index (χ2v) is 6.34. The van der Waals surface area contributed by atoms with Gasteiger partial charge >= 0.3 is 0 Å². The van der Waals surface area contributed by atoms with Crippen molar-refractivity contribution < 1.29 is 18.5 Å². The third-order valence-corrected chi connectivity index (χ3v) is 4.37. The summed E-state index contributed by atoms with van der Waals surface area (Å²) < 4.78 is 18.6. The average molecular weight is 374 g/mol. The van der Waals surface area contributed by atoms with Crippen LogP contribution >= 0.6 is 0 Å². The van der Waals surface area contributed by atoms with Crippen LogP contribution in [0.1, 0.15) is 27.6 Å². The molecule has 1 N–H and O–H groups in total. The number of Topliss-reactive ketones (excluding diaryl/α,β-unsaturated/α-hetero) is 1. The molecule has 0 spiro atoms. The van der Waals surface area contributed by atoms with Crippen LogP contribution in [0.15, 0.2) is 71.3 Å². The molecule has 0 unspecified atom stereocenters. The van der Waals surface area contributed by atoms with Crippen molar-refractivity contribution in [1.82, 2.24) is 5.16 Å². The molecule has 1 heterocycles. The van der Waals surface area contributed by atoms with Crippen LogP contribution in [0.3, 0.4) is 0 Å². The Balaban J connectivity index is 1.66. The van der Waals surface area contributed by atoms with Crippen molar-refractivity contribution in [2.24, 2.45) is 0 Å². The highest BCUT2D eigenvalue weighted by molar-refractivity contribution is 6.08. The first-order valence-electron chi connectivity index (χ1n) is 8.59. The summed E-state index contributed by atoms with van der Waals surface area (Å²) in [5.74, 6) is -0.288. The van der Waals surface area contributed by atoms with E-state index in [1.165, 1.54) is 19.1 Å². The molecule has 4 aromatic rings. The lowest BCUT2D eigenvalue weighted by atomic mass is 10.1. The van der Waals surface area contributed by atoms with Crippen molar-refractivity contribution in [3.05, 3.63) is 83.7 Å². The van der Waals surface area contributed by atoms with Crippen LogP contribution < -0.4 is 5.32 Å². The number of halogens is 1. The van der Waals surface area contributed by atoms with Gasteiger partial charge in [0, 0.05) is 22.4 Å². The van der Waals surface area contributed by atoms with E-state index in [1.807, 2.05) is 0 Å². The van der Waals surface area contributed by atoms with E-state index in [4.69, 9.17) is 4.52 Å². The van der Waals surface area contributed by atoms with Crippen molar-refractivity contribution in [3.63, 3.8) is 0 Å². The second-order valence-electron chi connectivity index (χ2n) is 6.34. The van der Waals surface area contributed by atoms with Gasteiger partial charge in [-0.3, -0.25) is 9.59 Å². The minimum atomic E-state index is -0.347. The summed E-state index contributed by atoms with van der Waals surface area (Å²) in [6, 6.07) is 17.6. The third kappa shape index (κ3) is 3.40. The molecule has 0 atom stereocenters. The molecule has 3 aromatic carbocycles. The Labute approximate surface area is 159 Å². The van der Waals surface area contributed by atoms with Gasteiger partial charge in [0.05, 0.1) is 5.39 Å². The number of rotatable bonds is 4. The maximum Gasteiger partial charge on any atom is 0.255 e. The van der Waals surface area contributed by atoms with E-state index in [0.29, 0.717) is 39.0 Å². The molecule has 6 heteroatoms. The summed E-state index contributed by atoms with van der Waals surface area (Å²) in [5.41, 5.74) is 2.71. The number of nitrogens with one attached hydrogen (secondary N) is 1. The number of ketones is 1. The van der Waals surface area contributed by atoms with Gasteiger partial charge in [-0.05, 0) is 61.5 Å². The SMILES string of the molecule is CC(=O)c1cccc(NC(=O)c2ccc3noc(-c4ccc(F)cc4)c3c2)c1. The van der Waals surface area contributed by atoms with Gasteiger partial charge in [-0.25, -0.2) is 4.39 Å². The molecule has 0 aliphatic rings. The Bertz CT molecular complexity index is 1200. The van der Waals surface area contributed by atoms with E-state index in [0.717, 1.165) is 0 Å². The van der Waals surface area contributed by atoms with Crippen LogP contribution in [0.25, 0.3) is 22.2 Å². The van der Waals surface area contributed by atoms with Crippen molar-refractivity contribution >= 4 is 28.3 Å². The smallest absolute Gasteiger partial charge is 0.255 e. The average Bonchev–Trinajstić information content (AvgIpc) is 3.12. The molecule has 0 bridgehead atoms. The fourth-order valence-corrected chi connectivity index (χ4v) is 2.91. The first-order chi connectivity index (χ1) is 13.5. The molecule has 28 heavy (non-hydrogen) atoms. The van der Waals surface area contributed by atoms with Crippen molar-refractivity contribution in [1.29, 1.82) is 0 Å². The highest BCUT2D eigenvalue weighted by Gasteiger charge is 2.14. The van der Waals surface area contributed by atoms with Crippen LogP contribution in [0.4, 0.5) is 10.1 Å². The van der Waals surface area contributed by atoms with Gasteiger partial charge < -0.3 is 9.84 Å². The minimum Gasteiger partial charge on any atom is -0.355 e. The van der Waals surface area contributed by atoms with Crippen molar-refractivity contribution in [3.8, 4) is 11.3 Å². The zero-order valence-corrected chi connectivity index (χ0v) is 14.9. The Morgan fingerprint density at radius 3 is 2.50 bits per heavy atom. The molecule has 1 aromatic heterocycles. The van der Waals surface area contributed by atoms with Gasteiger partial charge in [-0.15, -0.1) is 0 Å². The number of nitrogens with zero attached hydrogens (tertiary/aromatic N) is 1. The maximum atomic E-state index is 13.2. The quantitative estimate of drug-likeness (QED) is 0.505. The molecule has 1 amide bonds. The Morgan fingerprint density at radius 1 is 0.964 bits per heavy atom. The molecule has 0 saturated carbocycles. The molecule has 138 valence electrons. The number of aromatic nitrogens is 1. The van der Waals surface area contributed by atoms with Crippen molar-refractivity contribution in [2.45, 2.75) is 6.92 Å². The lowest BCUT2D eigenvalue weighted by molar-refractivity contribution is 0.101. The zero-order valence-electron chi connectivity index (χ0n) is 14.9. The Hall–Kier alpha value is -3.80. The number of hydrogen-bond donors (Lipinski definition) is 1. The highest BCUT2D eigenvalue weighted by atomic mass is 19.1. The lowest BCUT2D eigenvalue weighted by Gasteiger charge is -2.07. The molecule has 0 fully saturated rings. The topological polar surface area (TPSA) is 72.2 Å². The van der Waals surface area contributed by atoms with E-state index in [1.54, 1.807) is 54.6 Å². The second kappa shape index (κ2) is 7.08. The fraction of sp³-hybridized carbons (Fsp3) is 0.0455. The number of carbonyl (C=O) groups is 2. The normalized spacial score (nSPS) is 10.8.